The average molecular weight is 404 g/mol. The van der Waals surface area contributed by atoms with Gasteiger partial charge in [-0.15, -0.1) is 5.10 Å². The van der Waals surface area contributed by atoms with Crippen LogP contribution in [0.2, 0.25) is 0 Å². The summed E-state index contributed by atoms with van der Waals surface area (Å²) in [4.78, 5) is 4.68. The zero-order chi connectivity index (χ0) is 19.6. The van der Waals surface area contributed by atoms with Gasteiger partial charge in [0.25, 0.3) is 0 Å². The number of nitrogens with zero attached hydrogens (tertiary/aromatic N) is 5. The van der Waals surface area contributed by atoms with Gasteiger partial charge in [-0.3, -0.25) is 0 Å². The van der Waals surface area contributed by atoms with Crippen molar-refractivity contribution in [1.29, 1.82) is 0 Å². The van der Waals surface area contributed by atoms with Crippen molar-refractivity contribution in [1.82, 2.24) is 14.5 Å². The minimum Gasteiger partial charge on any atom is -0.378 e. The Morgan fingerprint density at radius 2 is 1.61 bits per heavy atom. The second kappa shape index (κ2) is 8.02. The molecule has 4 rings (SSSR count). The van der Waals surface area contributed by atoms with Crippen LogP contribution in [0.5, 0.6) is 0 Å². The standard InChI is InChI=1S/C19H25N5O3S/c1-16-2-4-18(5-3-16)28(25,26)24-8-6-23(7-9-24)19-14-17(15-20-21-19)22-10-12-27-13-11-22/h2-5,14-15H,6-13H2,1H3. The molecule has 0 bridgehead atoms. The second-order valence-electron chi connectivity index (χ2n) is 7.08. The van der Waals surface area contributed by atoms with Gasteiger partial charge in [-0.1, -0.05) is 17.7 Å². The summed E-state index contributed by atoms with van der Waals surface area (Å²) in [6.45, 7) is 7.10. The van der Waals surface area contributed by atoms with E-state index in [2.05, 4.69) is 20.0 Å². The number of piperazine rings is 1. The molecule has 3 heterocycles. The fourth-order valence-corrected chi connectivity index (χ4v) is 4.93. The van der Waals surface area contributed by atoms with Crippen molar-refractivity contribution < 1.29 is 13.2 Å². The number of sulfonamides is 1. The van der Waals surface area contributed by atoms with Gasteiger partial charge in [0.15, 0.2) is 5.82 Å². The van der Waals surface area contributed by atoms with Crippen LogP contribution in [0.4, 0.5) is 11.5 Å². The molecule has 150 valence electrons. The fraction of sp³-hybridized carbons (Fsp3) is 0.474. The van der Waals surface area contributed by atoms with E-state index in [1.807, 2.05) is 25.1 Å². The van der Waals surface area contributed by atoms with Crippen LogP contribution in [0, 0.1) is 6.92 Å². The quantitative estimate of drug-likeness (QED) is 0.757. The maximum absolute atomic E-state index is 12.9. The monoisotopic (exact) mass is 403 g/mol. The smallest absolute Gasteiger partial charge is 0.243 e. The predicted octanol–water partition coefficient (Wildman–Crippen LogP) is 1.13. The maximum atomic E-state index is 12.9. The Morgan fingerprint density at radius 3 is 2.29 bits per heavy atom. The Morgan fingerprint density at radius 1 is 0.929 bits per heavy atom. The number of benzene rings is 1. The highest BCUT2D eigenvalue weighted by atomic mass is 32.2. The Bertz CT molecular complexity index is 905. The van der Waals surface area contributed by atoms with Crippen LogP contribution in [0.15, 0.2) is 41.4 Å². The van der Waals surface area contributed by atoms with E-state index in [9.17, 15) is 8.42 Å². The van der Waals surface area contributed by atoms with Crippen LogP contribution >= 0.6 is 0 Å². The lowest BCUT2D eigenvalue weighted by Gasteiger charge is -2.35. The van der Waals surface area contributed by atoms with Crippen molar-refractivity contribution in [3.8, 4) is 0 Å². The van der Waals surface area contributed by atoms with E-state index >= 15 is 0 Å². The lowest BCUT2D eigenvalue weighted by Crippen LogP contribution is -2.49. The molecule has 0 unspecified atom stereocenters. The Labute approximate surface area is 165 Å². The lowest BCUT2D eigenvalue weighted by molar-refractivity contribution is 0.122. The molecule has 28 heavy (non-hydrogen) atoms. The van der Waals surface area contributed by atoms with Gasteiger partial charge in [-0.25, -0.2) is 8.42 Å². The van der Waals surface area contributed by atoms with Crippen LogP contribution in [-0.2, 0) is 14.8 Å². The normalized spacial score (nSPS) is 19.0. The molecule has 2 aliphatic rings. The highest BCUT2D eigenvalue weighted by Gasteiger charge is 2.29. The number of morpholine rings is 1. The van der Waals surface area contributed by atoms with Crippen molar-refractivity contribution >= 4 is 21.5 Å². The van der Waals surface area contributed by atoms with Crippen molar-refractivity contribution in [3.05, 3.63) is 42.1 Å². The fourth-order valence-electron chi connectivity index (χ4n) is 3.51. The van der Waals surface area contributed by atoms with Gasteiger partial charge in [0.05, 0.1) is 30.0 Å². The van der Waals surface area contributed by atoms with Crippen molar-refractivity contribution in [2.45, 2.75) is 11.8 Å². The van der Waals surface area contributed by atoms with Crippen LogP contribution in [0.3, 0.4) is 0 Å². The van der Waals surface area contributed by atoms with Crippen molar-refractivity contribution in [2.75, 3.05) is 62.3 Å². The van der Waals surface area contributed by atoms with E-state index in [-0.39, 0.29) is 0 Å². The molecular formula is C19H25N5O3S. The summed E-state index contributed by atoms with van der Waals surface area (Å²) >= 11 is 0. The largest absolute Gasteiger partial charge is 0.378 e. The molecule has 2 saturated heterocycles. The molecule has 9 heteroatoms. The summed E-state index contributed by atoms with van der Waals surface area (Å²) in [5.74, 6) is 0.788. The minimum atomic E-state index is -3.46. The zero-order valence-electron chi connectivity index (χ0n) is 16.0. The summed E-state index contributed by atoms with van der Waals surface area (Å²) in [5.41, 5.74) is 2.07. The molecule has 1 aromatic heterocycles. The summed E-state index contributed by atoms with van der Waals surface area (Å²) in [6.07, 6.45) is 1.77. The molecular weight excluding hydrogens is 378 g/mol. The molecule has 0 amide bonds. The Balaban J connectivity index is 1.43. The van der Waals surface area contributed by atoms with Crippen LogP contribution in [-0.4, -0.2) is 75.4 Å². The number of hydrogen-bond acceptors (Lipinski definition) is 7. The van der Waals surface area contributed by atoms with E-state index in [0.717, 1.165) is 30.2 Å². The number of rotatable bonds is 4. The van der Waals surface area contributed by atoms with Gasteiger partial charge in [-0.05, 0) is 19.1 Å². The molecule has 0 N–H and O–H groups in total. The first-order chi connectivity index (χ1) is 13.5. The van der Waals surface area contributed by atoms with Gasteiger partial charge < -0.3 is 14.5 Å². The molecule has 0 radical (unpaired) electrons. The van der Waals surface area contributed by atoms with Crippen molar-refractivity contribution in [3.63, 3.8) is 0 Å². The highest BCUT2D eigenvalue weighted by molar-refractivity contribution is 7.89. The molecule has 2 aliphatic heterocycles. The Kier molecular flexibility index (Phi) is 5.47. The lowest BCUT2D eigenvalue weighted by atomic mass is 10.2. The maximum Gasteiger partial charge on any atom is 0.243 e. The third kappa shape index (κ3) is 3.96. The second-order valence-corrected chi connectivity index (χ2v) is 9.01. The topological polar surface area (TPSA) is 78.9 Å². The van der Waals surface area contributed by atoms with Gasteiger partial charge in [0.1, 0.15) is 0 Å². The third-order valence-corrected chi connectivity index (χ3v) is 7.14. The van der Waals surface area contributed by atoms with Gasteiger partial charge in [0, 0.05) is 45.3 Å². The van der Waals surface area contributed by atoms with Crippen molar-refractivity contribution in [2.24, 2.45) is 0 Å². The predicted molar refractivity (Wildman–Crippen MR) is 107 cm³/mol. The summed E-state index contributed by atoms with van der Waals surface area (Å²) in [7, 11) is -3.46. The van der Waals surface area contributed by atoms with Crippen LogP contribution in [0.1, 0.15) is 5.56 Å². The van der Waals surface area contributed by atoms with Gasteiger partial charge in [0.2, 0.25) is 10.0 Å². The number of aryl methyl sites for hydroxylation is 1. The molecule has 2 fully saturated rings. The number of ether oxygens (including phenoxy) is 1. The zero-order valence-corrected chi connectivity index (χ0v) is 16.8. The molecule has 0 atom stereocenters. The van der Waals surface area contributed by atoms with Crippen LogP contribution < -0.4 is 9.80 Å². The molecule has 2 aromatic rings. The first kappa shape index (κ1) is 19.1. The van der Waals surface area contributed by atoms with E-state index in [1.165, 1.54) is 0 Å². The number of anilines is 2. The molecule has 0 spiro atoms. The minimum absolute atomic E-state index is 0.348. The third-order valence-electron chi connectivity index (χ3n) is 5.22. The molecule has 8 nitrogen and oxygen atoms in total. The van der Waals surface area contributed by atoms with Crippen LogP contribution in [0.25, 0.3) is 0 Å². The average Bonchev–Trinajstić information content (AvgIpc) is 2.75. The summed E-state index contributed by atoms with van der Waals surface area (Å²) in [6, 6.07) is 9.04. The highest BCUT2D eigenvalue weighted by Crippen LogP contribution is 2.23. The molecule has 0 aliphatic carbocycles. The first-order valence-electron chi connectivity index (χ1n) is 9.51. The van der Waals surface area contributed by atoms with E-state index in [1.54, 1.807) is 22.6 Å². The number of hydrogen-bond donors (Lipinski definition) is 0. The van der Waals surface area contributed by atoms with E-state index in [0.29, 0.717) is 44.3 Å². The SMILES string of the molecule is Cc1ccc(S(=O)(=O)N2CCN(c3cc(N4CCOCC4)cnn3)CC2)cc1. The molecule has 1 aromatic carbocycles. The van der Waals surface area contributed by atoms with E-state index in [4.69, 9.17) is 4.74 Å². The summed E-state index contributed by atoms with van der Waals surface area (Å²) < 4.78 is 32.7. The number of aromatic nitrogens is 2. The first-order valence-corrected chi connectivity index (χ1v) is 11.0. The molecule has 0 saturated carbocycles. The van der Waals surface area contributed by atoms with E-state index < -0.39 is 10.0 Å². The summed E-state index contributed by atoms with van der Waals surface area (Å²) in [5, 5.41) is 8.42. The van der Waals surface area contributed by atoms with Gasteiger partial charge in [-0.2, -0.15) is 9.40 Å². The Hall–Kier alpha value is -2.23. The van der Waals surface area contributed by atoms with Gasteiger partial charge >= 0.3 is 0 Å².